The molecule has 0 saturated carbocycles. The number of hydrogen-bond donors (Lipinski definition) is 0. The number of methoxy groups -OCH3 is 1. The fraction of sp³-hybridized carbons (Fsp3) is 0.176. The molecular formula is C17H15Cl2N3O. The number of halogens is 2. The minimum Gasteiger partial charge on any atom is -0.383 e. The van der Waals surface area contributed by atoms with Gasteiger partial charge in [0.2, 0.25) is 0 Å². The van der Waals surface area contributed by atoms with Crippen LogP contribution < -0.4 is 0 Å². The Balaban J connectivity index is 1.83. The number of aromatic nitrogens is 2. The molecule has 6 heteroatoms. The summed E-state index contributed by atoms with van der Waals surface area (Å²) in [4.78, 5) is 4.43. The highest BCUT2D eigenvalue weighted by atomic mass is 35.5. The van der Waals surface area contributed by atoms with E-state index in [1.54, 1.807) is 25.5 Å². The first-order valence-corrected chi connectivity index (χ1v) is 7.86. The van der Waals surface area contributed by atoms with E-state index < -0.39 is 0 Å². The first kappa shape index (κ1) is 16.0. The molecule has 1 aromatic heterocycles. The highest BCUT2D eigenvalue weighted by Crippen LogP contribution is 2.26. The molecule has 0 N–H and O–H groups in total. The van der Waals surface area contributed by atoms with E-state index in [0.29, 0.717) is 16.7 Å². The Labute approximate surface area is 144 Å². The monoisotopic (exact) mass is 347 g/mol. The summed E-state index contributed by atoms with van der Waals surface area (Å²) in [5.41, 5.74) is 2.83. The van der Waals surface area contributed by atoms with E-state index >= 15 is 0 Å². The molecule has 0 spiro atoms. The van der Waals surface area contributed by atoms with Crippen LogP contribution in [0.1, 0.15) is 5.56 Å². The largest absolute Gasteiger partial charge is 0.383 e. The maximum atomic E-state index is 5.99. The number of aliphatic imine (C=N–C) groups is 1. The van der Waals surface area contributed by atoms with Gasteiger partial charge in [-0.2, -0.15) is 5.10 Å². The lowest BCUT2D eigenvalue weighted by atomic mass is 10.2. The van der Waals surface area contributed by atoms with Crippen LogP contribution in [-0.2, 0) is 11.3 Å². The van der Waals surface area contributed by atoms with E-state index in [0.717, 1.165) is 28.7 Å². The summed E-state index contributed by atoms with van der Waals surface area (Å²) < 4.78 is 7.02. The zero-order chi connectivity index (χ0) is 16.2. The summed E-state index contributed by atoms with van der Waals surface area (Å²) in [6, 6.07) is 11.4. The molecule has 118 valence electrons. The number of nitrogens with zero attached hydrogens (tertiary/aromatic N) is 3. The van der Waals surface area contributed by atoms with Crippen LogP contribution in [0.15, 0.2) is 47.6 Å². The molecule has 0 bridgehead atoms. The van der Waals surface area contributed by atoms with Crippen molar-refractivity contribution < 1.29 is 4.74 Å². The minimum atomic E-state index is 0.496. The Morgan fingerprint density at radius 1 is 1.17 bits per heavy atom. The van der Waals surface area contributed by atoms with E-state index in [4.69, 9.17) is 27.9 Å². The maximum Gasteiger partial charge on any atom is 0.0683 e. The van der Waals surface area contributed by atoms with E-state index in [1.165, 1.54) is 0 Å². The van der Waals surface area contributed by atoms with Gasteiger partial charge >= 0.3 is 0 Å². The average molecular weight is 348 g/mol. The van der Waals surface area contributed by atoms with Crippen LogP contribution in [0, 0.1) is 0 Å². The lowest BCUT2D eigenvalue weighted by molar-refractivity contribution is 0.185. The van der Waals surface area contributed by atoms with Gasteiger partial charge in [0.25, 0.3) is 0 Å². The van der Waals surface area contributed by atoms with Crippen LogP contribution in [0.5, 0.6) is 0 Å². The highest BCUT2D eigenvalue weighted by Gasteiger charge is 2.03. The predicted molar refractivity (Wildman–Crippen MR) is 95.3 cm³/mol. The van der Waals surface area contributed by atoms with Crippen LogP contribution in [0.25, 0.3) is 10.9 Å². The Kier molecular flexibility index (Phi) is 4.96. The van der Waals surface area contributed by atoms with Crippen molar-refractivity contribution in [2.24, 2.45) is 4.99 Å². The number of ether oxygens (including phenoxy) is 1. The maximum absolute atomic E-state index is 5.99. The van der Waals surface area contributed by atoms with Gasteiger partial charge in [0.05, 0.1) is 40.6 Å². The summed E-state index contributed by atoms with van der Waals surface area (Å²) in [5.74, 6) is 0. The van der Waals surface area contributed by atoms with Crippen molar-refractivity contribution in [1.82, 2.24) is 9.78 Å². The second-order valence-corrected chi connectivity index (χ2v) is 5.85. The number of rotatable bonds is 5. The summed E-state index contributed by atoms with van der Waals surface area (Å²) in [6.07, 6.45) is 3.65. The number of fused-ring (bicyclic) bond motifs is 1. The van der Waals surface area contributed by atoms with E-state index in [9.17, 15) is 0 Å². The molecule has 3 rings (SSSR count). The molecule has 0 aliphatic heterocycles. The summed E-state index contributed by atoms with van der Waals surface area (Å²) in [7, 11) is 1.68. The van der Waals surface area contributed by atoms with Gasteiger partial charge in [-0.25, -0.2) is 0 Å². The second-order valence-electron chi connectivity index (χ2n) is 5.04. The first-order chi connectivity index (χ1) is 11.2. The Hall–Kier alpha value is -1.88. The van der Waals surface area contributed by atoms with Gasteiger partial charge in [-0.1, -0.05) is 29.3 Å². The summed E-state index contributed by atoms with van der Waals surface area (Å²) in [6.45, 7) is 1.37. The topological polar surface area (TPSA) is 39.4 Å². The summed E-state index contributed by atoms with van der Waals surface area (Å²) >= 11 is 11.9. The van der Waals surface area contributed by atoms with E-state index in [2.05, 4.69) is 10.1 Å². The average Bonchev–Trinajstić information content (AvgIpc) is 2.96. The third-order valence-electron chi connectivity index (χ3n) is 3.44. The Morgan fingerprint density at radius 2 is 2.04 bits per heavy atom. The van der Waals surface area contributed by atoms with Gasteiger partial charge in [0.15, 0.2) is 0 Å². The molecule has 0 aliphatic rings. The van der Waals surface area contributed by atoms with Gasteiger partial charge in [0.1, 0.15) is 0 Å². The molecule has 0 fully saturated rings. The molecule has 0 amide bonds. The van der Waals surface area contributed by atoms with Crippen LogP contribution in [0.4, 0.5) is 5.69 Å². The standard InChI is InChI=1S/C17H15Cl2N3O/c1-23-7-6-22-17-5-2-12(8-13(17)11-21-22)10-20-14-3-4-15(18)16(19)9-14/h2-5,8-11H,6-7H2,1H3. The van der Waals surface area contributed by atoms with Crippen molar-refractivity contribution in [1.29, 1.82) is 0 Å². The molecule has 0 radical (unpaired) electrons. The SMILES string of the molecule is COCCn1ncc2cc(C=Nc3ccc(Cl)c(Cl)c3)ccc21. The molecule has 0 atom stereocenters. The fourth-order valence-corrected chi connectivity index (χ4v) is 2.55. The Bertz CT molecular complexity index is 858. The summed E-state index contributed by atoms with van der Waals surface area (Å²) in [5, 5.41) is 6.46. The normalized spacial score (nSPS) is 11.6. The smallest absolute Gasteiger partial charge is 0.0683 e. The molecule has 1 heterocycles. The van der Waals surface area contributed by atoms with Gasteiger partial charge < -0.3 is 4.74 Å². The molecular weight excluding hydrogens is 333 g/mol. The van der Waals surface area contributed by atoms with Crippen LogP contribution in [0.3, 0.4) is 0 Å². The van der Waals surface area contributed by atoms with Crippen molar-refractivity contribution in [2.75, 3.05) is 13.7 Å². The van der Waals surface area contributed by atoms with Crippen molar-refractivity contribution >= 4 is 46.0 Å². The zero-order valence-electron chi connectivity index (χ0n) is 12.5. The van der Waals surface area contributed by atoms with Gasteiger partial charge in [-0.15, -0.1) is 0 Å². The highest BCUT2D eigenvalue weighted by molar-refractivity contribution is 6.42. The van der Waals surface area contributed by atoms with Crippen molar-refractivity contribution in [3.8, 4) is 0 Å². The minimum absolute atomic E-state index is 0.496. The lowest BCUT2D eigenvalue weighted by Gasteiger charge is -2.02. The molecule has 23 heavy (non-hydrogen) atoms. The molecule has 0 aliphatic carbocycles. The molecule has 4 nitrogen and oxygen atoms in total. The van der Waals surface area contributed by atoms with Crippen molar-refractivity contribution in [2.45, 2.75) is 6.54 Å². The van der Waals surface area contributed by atoms with E-state index in [1.807, 2.05) is 35.1 Å². The zero-order valence-corrected chi connectivity index (χ0v) is 14.1. The molecule has 0 unspecified atom stereocenters. The van der Waals surface area contributed by atoms with Gasteiger partial charge in [0, 0.05) is 18.7 Å². The van der Waals surface area contributed by atoms with Crippen molar-refractivity contribution in [3.63, 3.8) is 0 Å². The van der Waals surface area contributed by atoms with E-state index in [-0.39, 0.29) is 0 Å². The predicted octanol–water partition coefficient (Wildman–Crippen LogP) is 4.74. The second kappa shape index (κ2) is 7.13. The lowest BCUT2D eigenvalue weighted by Crippen LogP contribution is -2.05. The first-order valence-electron chi connectivity index (χ1n) is 7.11. The third kappa shape index (κ3) is 3.72. The van der Waals surface area contributed by atoms with Crippen LogP contribution in [-0.4, -0.2) is 29.7 Å². The van der Waals surface area contributed by atoms with Crippen LogP contribution in [0.2, 0.25) is 10.0 Å². The van der Waals surface area contributed by atoms with Gasteiger partial charge in [-0.05, 0) is 35.9 Å². The van der Waals surface area contributed by atoms with Gasteiger partial charge in [-0.3, -0.25) is 9.67 Å². The quantitative estimate of drug-likeness (QED) is 0.625. The van der Waals surface area contributed by atoms with Crippen LogP contribution >= 0.6 is 23.2 Å². The third-order valence-corrected chi connectivity index (χ3v) is 4.18. The molecule has 2 aromatic carbocycles. The van der Waals surface area contributed by atoms with Crippen molar-refractivity contribution in [3.05, 3.63) is 58.2 Å². The fourth-order valence-electron chi connectivity index (χ4n) is 2.26. The number of hydrogen-bond acceptors (Lipinski definition) is 3. The molecule has 0 saturated heterocycles. The molecule has 3 aromatic rings. The number of benzene rings is 2. The Morgan fingerprint density at radius 3 is 2.83 bits per heavy atom.